The number of carbonyl (C=O) groups is 1. The SMILES string of the molecule is Cc1cc(C)c(S(=O)(=O)N2CCC(C(=O)OCc3nc(C)no3)CC2)c(C)c1. The molecule has 0 aliphatic carbocycles. The average molecular weight is 407 g/mol. The van der Waals surface area contributed by atoms with Crippen molar-refractivity contribution in [1.82, 2.24) is 14.4 Å². The maximum absolute atomic E-state index is 13.1. The lowest BCUT2D eigenvalue weighted by molar-refractivity contribution is -0.152. The molecule has 3 rings (SSSR count). The van der Waals surface area contributed by atoms with E-state index in [4.69, 9.17) is 9.26 Å². The van der Waals surface area contributed by atoms with E-state index in [0.29, 0.717) is 23.6 Å². The minimum atomic E-state index is -3.59. The molecule has 0 saturated carbocycles. The zero-order valence-electron chi connectivity index (χ0n) is 16.6. The van der Waals surface area contributed by atoms with E-state index in [9.17, 15) is 13.2 Å². The van der Waals surface area contributed by atoms with Crippen LogP contribution >= 0.6 is 0 Å². The molecule has 1 aliphatic rings. The van der Waals surface area contributed by atoms with E-state index in [2.05, 4.69) is 10.1 Å². The fraction of sp³-hybridized carbons (Fsp3) is 0.526. The summed E-state index contributed by atoms with van der Waals surface area (Å²) >= 11 is 0. The van der Waals surface area contributed by atoms with Gasteiger partial charge in [-0.15, -0.1) is 0 Å². The van der Waals surface area contributed by atoms with Crippen molar-refractivity contribution >= 4 is 16.0 Å². The van der Waals surface area contributed by atoms with Crippen LogP contribution in [0.25, 0.3) is 0 Å². The highest BCUT2D eigenvalue weighted by atomic mass is 32.2. The molecule has 1 fully saturated rings. The largest absolute Gasteiger partial charge is 0.455 e. The third-order valence-corrected chi connectivity index (χ3v) is 7.10. The summed E-state index contributed by atoms with van der Waals surface area (Å²) in [5.41, 5.74) is 2.52. The Morgan fingerprint density at radius 2 is 1.79 bits per heavy atom. The molecular formula is C19H25N3O5S. The molecule has 152 valence electrons. The molecule has 8 nitrogen and oxygen atoms in total. The van der Waals surface area contributed by atoms with Gasteiger partial charge in [-0.25, -0.2) is 8.42 Å². The summed E-state index contributed by atoms with van der Waals surface area (Å²) in [5, 5.41) is 3.64. The molecule has 9 heteroatoms. The molecule has 2 aromatic rings. The highest BCUT2D eigenvalue weighted by Gasteiger charge is 2.34. The zero-order chi connectivity index (χ0) is 20.5. The van der Waals surface area contributed by atoms with Crippen LogP contribution in [-0.2, 0) is 26.2 Å². The van der Waals surface area contributed by atoms with Crippen LogP contribution in [-0.4, -0.2) is 41.9 Å². The van der Waals surface area contributed by atoms with Crippen molar-refractivity contribution in [3.63, 3.8) is 0 Å². The number of rotatable bonds is 5. The summed E-state index contributed by atoms with van der Waals surface area (Å²) in [4.78, 5) is 16.6. The topological polar surface area (TPSA) is 103 Å². The van der Waals surface area contributed by atoms with Crippen molar-refractivity contribution in [2.45, 2.75) is 52.0 Å². The van der Waals surface area contributed by atoms with Crippen molar-refractivity contribution < 1.29 is 22.5 Å². The van der Waals surface area contributed by atoms with Crippen LogP contribution in [0, 0.1) is 33.6 Å². The van der Waals surface area contributed by atoms with Gasteiger partial charge >= 0.3 is 5.97 Å². The number of nitrogens with zero attached hydrogens (tertiary/aromatic N) is 3. The van der Waals surface area contributed by atoms with Gasteiger partial charge in [0.1, 0.15) is 0 Å². The molecule has 28 heavy (non-hydrogen) atoms. The van der Waals surface area contributed by atoms with E-state index in [1.165, 1.54) is 4.31 Å². The third kappa shape index (κ3) is 4.25. The Morgan fingerprint density at radius 3 is 2.32 bits per heavy atom. The predicted octanol–water partition coefficient (Wildman–Crippen LogP) is 2.45. The number of ether oxygens (including phenoxy) is 1. The maximum atomic E-state index is 13.1. The van der Waals surface area contributed by atoms with Gasteiger partial charge in [-0.3, -0.25) is 4.79 Å². The van der Waals surface area contributed by atoms with Gasteiger partial charge in [0.25, 0.3) is 5.89 Å². The first-order valence-electron chi connectivity index (χ1n) is 9.22. The van der Waals surface area contributed by atoms with E-state index in [1.807, 2.05) is 32.9 Å². The lowest BCUT2D eigenvalue weighted by Gasteiger charge is -2.31. The number of aryl methyl sites for hydroxylation is 4. The smallest absolute Gasteiger partial charge is 0.309 e. The second-order valence-electron chi connectivity index (χ2n) is 7.25. The number of benzene rings is 1. The standard InChI is InChI=1S/C19H25N3O5S/c1-12-9-13(2)18(14(3)10-12)28(24,25)22-7-5-16(6-8-22)19(23)26-11-17-20-15(4)21-27-17/h9-10,16H,5-8,11H2,1-4H3. The van der Waals surface area contributed by atoms with Crippen molar-refractivity contribution in [3.8, 4) is 0 Å². The van der Waals surface area contributed by atoms with Gasteiger partial charge in [0, 0.05) is 13.1 Å². The van der Waals surface area contributed by atoms with Gasteiger partial charge in [0.05, 0.1) is 10.8 Å². The van der Waals surface area contributed by atoms with E-state index >= 15 is 0 Å². The summed E-state index contributed by atoms with van der Waals surface area (Å²) in [6, 6.07) is 3.76. The summed E-state index contributed by atoms with van der Waals surface area (Å²) in [6.07, 6.45) is 0.843. The van der Waals surface area contributed by atoms with Crippen LogP contribution in [0.5, 0.6) is 0 Å². The molecular weight excluding hydrogens is 382 g/mol. The molecule has 0 amide bonds. The summed E-state index contributed by atoms with van der Waals surface area (Å²) in [5.74, 6) is 0.0220. The zero-order valence-corrected chi connectivity index (χ0v) is 17.4. The molecule has 0 atom stereocenters. The van der Waals surface area contributed by atoms with Crippen molar-refractivity contribution in [1.29, 1.82) is 0 Å². The average Bonchev–Trinajstić information content (AvgIpc) is 3.04. The quantitative estimate of drug-likeness (QED) is 0.701. The Morgan fingerprint density at radius 1 is 1.18 bits per heavy atom. The molecule has 0 unspecified atom stereocenters. The number of sulfonamides is 1. The highest BCUT2D eigenvalue weighted by molar-refractivity contribution is 7.89. The molecule has 1 aliphatic heterocycles. The highest BCUT2D eigenvalue weighted by Crippen LogP contribution is 2.29. The van der Waals surface area contributed by atoms with E-state index in [-0.39, 0.29) is 37.5 Å². The first-order chi connectivity index (χ1) is 13.2. The van der Waals surface area contributed by atoms with E-state index < -0.39 is 10.0 Å². The molecule has 2 heterocycles. The number of carbonyl (C=O) groups excluding carboxylic acids is 1. The molecule has 0 N–H and O–H groups in total. The van der Waals surface area contributed by atoms with Crippen LogP contribution < -0.4 is 0 Å². The van der Waals surface area contributed by atoms with Crippen LogP contribution in [0.1, 0.15) is 41.2 Å². The van der Waals surface area contributed by atoms with Crippen LogP contribution in [0.2, 0.25) is 0 Å². The Labute approximate surface area is 164 Å². The molecule has 1 aromatic heterocycles. The summed E-state index contributed by atoms with van der Waals surface area (Å²) in [6.45, 7) is 7.76. The number of aromatic nitrogens is 2. The van der Waals surface area contributed by atoms with Gasteiger partial charge in [-0.1, -0.05) is 22.9 Å². The van der Waals surface area contributed by atoms with Crippen molar-refractivity contribution in [2.24, 2.45) is 5.92 Å². The molecule has 1 aromatic carbocycles. The van der Waals surface area contributed by atoms with E-state index in [1.54, 1.807) is 6.92 Å². The van der Waals surface area contributed by atoms with Gasteiger partial charge in [0.15, 0.2) is 12.4 Å². The molecule has 1 saturated heterocycles. The fourth-order valence-corrected chi connectivity index (χ4v) is 5.57. The van der Waals surface area contributed by atoms with Crippen LogP contribution in [0.3, 0.4) is 0 Å². The Balaban J connectivity index is 1.62. The second-order valence-corrected chi connectivity index (χ2v) is 9.12. The first-order valence-corrected chi connectivity index (χ1v) is 10.7. The van der Waals surface area contributed by atoms with Crippen LogP contribution in [0.4, 0.5) is 0 Å². The van der Waals surface area contributed by atoms with Gasteiger partial charge in [-0.05, 0) is 51.7 Å². The number of piperidine rings is 1. The fourth-order valence-electron chi connectivity index (χ4n) is 3.68. The Hall–Kier alpha value is -2.26. The summed E-state index contributed by atoms with van der Waals surface area (Å²) < 4.78 is 37.8. The van der Waals surface area contributed by atoms with Gasteiger partial charge in [0.2, 0.25) is 10.0 Å². The molecule has 0 spiro atoms. The first kappa shape index (κ1) is 20.5. The predicted molar refractivity (Wildman–Crippen MR) is 101 cm³/mol. The van der Waals surface area contributed by atoms with Crippen molar-refractivity contribution in [3.05, 3.63) is 40.5 Å². The maximum Gasteiger partial charge on any atom is 0.309 e. The summed E-state index contributed by atoms with van der Waals surface area (Å²) in [7, 11) is -3.59. The van der Waals surface area contributed by atoms with Crippen LogP contribution in [0.15, 0.2) is 21.6 Å². The number of hydrogen-bond acceptors (Lipinski definition) is 7. The van der Waals surface area contributed by atoms with Gasteiger partial charge in [-0.2, -0.15) is 9.29 Å². The lowest BCUT2D eigenvalue weighted by Crippen LogP contribution is -2.41. The van der Waals surface area contributed by atoms with Gasteiger partial charge < -0.3 is 9.26 Å². The van der Waals surface area contributed by atoms with Crippen molar-refractivity contribution in [2.75, 3.05) is 13.1 Å². The Kier molecular flexibility index (Phi) is 5.85. The number of esters is 1. The normalized spacial score (nSPS) is 16.3. The second kappa shape index (κ2) is 8.00. The molecule has 0 bridgehead atoms. The number of hydrogen-bond donors (Lipinski definition) is 0. The monoisotopic (exact) mass is 407 g/mol. The minimum Gasteiger partial charge on any atom is -0.455 e. The third-order valence-electron chi connectivity index (χ3n) is 4.90. The lowest BCUT2D eigenvalue weighted by atomic mass is 9.98. The van der Waals surface area contributed by atoms with E-state index in [0.717, 1.165) is 16.7 Å². The minimum absolute atomic E-state index is 0.0695. The Bertz CT molecular complexity index is 952. The molecule has 0 radical (unpaired) electrons.